The molecule has 0 bridgehead atoms. The number of para-hydroxylation sites is 1. The van der Waals surface area contributed by atoms with Crippen LogP contribution in [-0.4, -0.2) is 34.6 Å². The number of carboxylic acid groups (broad SMARTS) is 1. The number of carboxylic acids is 1. The summed E-state index contributed by atoms with van der Waals surface area (Å²) in [5.41, 5.74) is 2.74. The van der Waals surface area contributed by atoms with E-state index in [-0.39, 0.29) is 13.0 Å². The lowest BCUT2D eigenvalue weighted by atomic mass is 10.1. The van der Waals surface area contributed by atoms with E-state index < -0.39 is 17.9 Å². The number of amides is 1. The van der Waals surface area contributed by atoms with Crippen molar-refractivity contribution in [1.29, 1.82) is 0 Å². The molecule has 1 atom stereocenters. The van der Waals surface area contributed by atoms with Gasteiger partial charge in [-0.3, -0.25) is 4.79 Å². The number of nitrogens with one attached hydrogen (secondary N) is 2. The monoisotopic (exact) mass is 444 g/mol. The van der Waals surface area contributed by atoms with Crippen molar-refractivity contribution in [2.75, 3.05) is 6.61 Å². The van der Waals surface area contributed by atoms with Gasteiger partial charge in [0.25, 0.3) is 5.91 Å². The van der Waals surface area contributed by atoms with E-state index in [0.29, 0.717) is 5.75 Å². The summed E-state index contributed by atoms with van der Waals surface area (Å²) in [4.78, 5) is 27.0. The molecule has 0 saturated heterocycles. The number of carbonyl (C=O) groups excluding carboxylic acids is 1. The number of carbonyl (C=O) groups is 2. The number of hydrogen-bond acceptors (Lipinski definition) is 3. The van der Waals surface area contributed by atoms with E-state index in [9.17, 15) is 14.7 Å². The average Bonchev–Trinajstić information content (AvgIpc) is 3.09. The van der Waals surface area contributed by atoms with Gasteiger partial charge in [-0.1, -0.05) is 41.1 Å². The van der Waals surface area contributed by atoms with Crippen molar-refractivity contribution in [1.82, 2.24) is 10.3 Å². The third-order valence-electron chi connectivity index (χ3n) is 4.49. The first kappa shape index (κ1) is 19.9. The van der Waals surface area contributed by atoms with Gasteiger partial charge in [0.05, 0.1) is 0 Å². The molecule has 0 radical (unpaired) electrons. The molecule has 0 aliphatic heterocycles. The number of aryl methyl sites for hydroxylation is 1. The maximum Gasteiger partial charge on any atom is 0.326 e. The first-order valence-electron chi connectivity index (χ1n) is 8.96. The summed E-state index contributed by atoms with van der Waals surface area (Å²) in [5, 5.41) is 13.0. The number of aromatic amines is 1. The Morgan fingerprint density at radius 3 is 2.75 bits per heavy atom. The fraction of sp³-hybridized carbons (Fsp3) is 0.238. The second-order valence-electron chi connectivity index (χ2n) is 6.42. The van der Waals surface area contributed by atoms with Crippen molar-refractivity contribution >= 4 is 38.7 Å². The Balaban J connectivity index is 1.64. The molecule has 7 heteroatoms. The van der Waals surface area contributed by atoms with Gasteiger partial charge in [0, 0.05) is 28.0 Å². The van der Waals surface area contributed by atoms with E-state index in [1.807, 2.05) is 43.3 Å². The normalized spacial score (nSPS) is 11.9. The highest BCUT2D eigenvalue weighted by Gasteiger charge is 2.22. The zero-order valence-electron chi connectivity index (χ0n) is 15.4. The molecular formula is C21H21BrN2O4. The number of hydrogen-bond donors (Lipinski definition) is 3. The summed E-state index contributed by atoms with van der Waals surface area (Å²) in [6.45, 7) is 1.75. The first-order valence-corrected chi connectivity index (χ1v) is 9.75. The van der Waals surface area contributed by atoms with E-state index in [1.54, 1.807) is 12.3 Å². The third-order valence-corrected chi connectivity index (χ3v) is 4.99. The molecule has 0 aliphatic carbocycles. The van der Waals surface area contributed by atoms with E-state index in [4.69, 9.17) is 4.74 Å². The van der Waals surface area contributed by atoms with Crippen LogP contribution in [0.15, 0.2) is 53.1 Å². The molecule has 1 amide bonds. The number of H-pyrrole nitrogens is 1. The fourth-order valence-electron chi connectivity index (χ4n) is 3.06. The van der Waals surface area contributed by atoms with Crippen LogP contribution >= 0.6 is 15.9 Å². The summed E-state index contributed by atoms with van der Waals surface area (Å²) >= 11 is 3.41. The van der Waals surface area contributed by atoms with E-state index >= 15 is 0 Å². The maximum absolute atomic E-state index is 12.3. The number of aliphatic carboxylic acids is 1. The molecule has 1 unspecified atom stereocenters. The molecular weight excluding hydrogens is 424 g/mol. The van der Waals surface area contributed by atoms with Gasteiger partial charge >= 0.3 is 5.97 Å². The highest BCUT2D eigenvalue weighted by Crippen LogP contribution is 2.23. The lowest BCUT2D eigenvalue weighted by molar-refractivity contribution is -0.142. The maximum atomic E-state index is 12.3. The average molecular weight is 445 g/mol. The Bertz CT molecular complexity index is 999. The molecule has 0 saturated carbocycles. The van der Waals surface area contributed by atoms with Crippen LogP contribution in [-0.2, 0) is 22.4 Å². The van der Waals surface area contributed by atoms with Crippen LogP contribution in [0.25, 0.3) is 10.9 Å². The second kappa shape index (κ2) is 8.93. The van der Waals surface area contributed by atoms with Gasteiger partial charge in [0.15, 0.2) is 6.61 Å². The van der Waals surface area contributed by atoms with Gasteiger partial charge < -0.3 is 20.1 Å². The molecule has 3 rings (SSSR count). The van der Waals surface area contributed by atoms with Crippen LogP contribution in [0.5, 0.6) is 5.75 Å². The number of ether oxygens (including phenoxy) is 1. The van der Waals surface area contributed by atoms with Crippen LogP contribution in [0.2, 0.25) is 0 Å². The molecule has 3 N–H and O–H groups in total. The Morgan fingerprint density at radius 2 is 2.00 bits per heavy atom. The zero-order valence-corrected chi connectivity index (χ0v) is 17.0. The quantitative estimate of drug-likeness (QED) is 0.493. The highest BCUT2D eigenvalue weighted by molar-refractivity contribution is 9.10. The van der Waals surface area contributed by atoms with Gasteiger partial charge in [0.2, 0.25) is 0 Å². The molecule has 0 fully saturated rings. The summed E-state index contributed by atoms with van der Waals surface area (Å²) in [6.07, 6.45) is 2.72. The minimum atomic E-state index is -1.09. The Morgan fingerprint density at radius 1 is 1.21 bits per heavy atom. The lowest BCUT2D eigenvalue weighted by Gasteiger charge is -2.15. The van der Waals surface area contributed by atoms with E-state index in [0.717, 1.165) is 32.9 Å². The molecule has 1 heterocycles. The Hall–Kier alpha value is -2.80. The van der Waals surface area contributed by atoms with Gasteiger partial charge in [-0.25, -0.2) is 4.79 Å². The predicted molar refractivity (Wildman–Crippen MR) is 111 cm³/mol. The molecule has 146 valence electrons. The molecule has 0 aliphatic rings. The summed E-state index contributed by atoms with van der Waals surface area (Å²) < 4.78 is 6.53. The van der Waals surface area contributed by atoms with Gasteiger partial charge in [-0.2, -0.15) is 0 Å². The minimum Gasteiger partial charge on any atom is -0.483 e. The first-order chi connectivity index (χ1) is 13.5. The zero-order chi connectivity index (χ0) is 20.1. The number of benzene rings is 2. The SMILES string of the molecule is CCc1cc(Br)ccc1OCC(=O)NC(Cc1c[nH]c2ccccc12)C(=O)O. The molecule has 0 spiro atoms. The highest BCUT2D eigenvalue weighted by atomic mass is 79.9. The lowest BCUT2D eigenvalue weighted by Crippen LogP contribution is -2.44. The fourth-order valence-corrected chi connectivity index (χ4v) is 3.47. The molecule has 6 nitrogen and oxygen atoms in total. The molecule has 28 heavy (non-hydrogen) atoms. The number of fused-ring (bicyclic) bond motifs is 1. The number of aromatic nitrogens is 1. The van der Waals surface area contributed by atoms with Gasteiger partial charge in [-0.15, -0.1) is 0 Å². The number of halogens is 1. The van der Waals surface area contributed by atoms with Crippen molar-refractivity contribution in [2.24, 2.45) is 0 Å². The van der Waals surface area contributed by atoms with Crippen LogP contribution in [0, 0.1) is 0 Å². The predicted octanol–water partition coefficient (Wildman–Crippen LogP) is 3.68. The topological polar surface area (TPSA) is 91.4 Å². The van der Waals surface area contributed by atoms with Crippen molar-refractivity contribution in [3.63, 3.8) is 0 Å². The largest absolute Gasteiger partial charge is 0.483 e. The van der Waals surface area contributed by atoms with Crippen molar-refractivity contribution in [3.05, 3.63) is 64.3 Å². The summed E-state index contributed by atoms with van der Waals surface area (Å²) in [7, 11) is 0. The second-order valence-corrected chi connectivity index (χ2v) is 7.33. The van der Waals surface area contributed by atoms with E-state index in [2.05, 4.69) is 26.2 Å². The molecule has 2 aromatic carbocycles. The van der Waals surface area contributed by atoms with E-state index in [1.165, 1.54) is 0 Å². The standard InChI is InChI=1S/C21H21BrN2O4/c1-2-13-9-15(22)7-8-19(13)28-12-20(25)24-18(21(26)27)10-14-11-23-17-6-4-3-5-16(14)17/h3-9,11,18,23H,2,10,12H2,1H3,(H,24,25)(H,26,27). The van der Waals surface area contributed by atoms with Crippen molar-refractivity contribution < 1.29 is 19.4 Å². The Labute approximate surface area is 171 Å². The van der Waals surface area contributed by atoms with Crippen LogP contribution in [0.3, 0.4) is 0 Å². The Kier molecular flexibility index (Phi) is 6.36. The molecule has 3 aromatic rings. The van der Waals surface area contributed by atoms with Crippen LogP contribution in [0.1, 0.15) is 18.1 Å². The number of rotatable bonds is 8. The van der Waals surface area contributed by atoms with Crippen LogP contribution < -0.4 is 10.1 Å². The van der Waals surface area contributed by atoms with Crippen molar-refractivity contribution in [2.45, 2.75) is 25.8 Å². The smallest absolute Gasteiger partial charge is 0.326 e. The molecule has 1 aromatic heterocycles. The van der Waals surface area contributed by atoms with Gasteiger partial charge in [-0.05, 0) is 41.8 Å². The summed E-state index contributed by atoms with van der Waals surface area (Å²) in [6, 6.07) is 12.2. The van der Waals surface area contributed by atoms with Crippen molar-refractivity contribution in [3.8, 4) is 5.75 Å². The minimum absolute atomic E-state index is 0.184. The third kappa shape index (κ3) is 4.72. The van der Waals surface area contributed by atoms with Crippen LogP contribution in [0.4, 0.5) is 0 Å². The van der Waals surface area contributed by atoms with Gasteiger partial charge in [0.1, 0.15) is 11.8 Å². The summed E-state index contributed by atoms with van der Waals surface area (Å²) in [5.74, 6) is -0.946.